The maximum atomic E-state index is 13.3. The van der Waals surface area contributed by atoms with Gasteiger partial charge in [0.15, 0.2) is 5.69 Å². The van der Waals surface area contributed by atoms with Gasteiger partial charge in [0.05, 0.1) is 36.6 Å². The lowest BCUT2D eigenvalue weighted by Gasteiger charge is -2.18. The van der Waals surface area contributed by atoms with Crippen LogP contribution in [0.1, 0.15) is 42.0 Å². The van der Waals surface area contributed by atoms with Crippen molar-refractivity contribution in [3.63, 3.8) is 0 Å². The van der Waals surface area contributed by atoms with Gasteiger partial charge in [-0.15, -0.1) is 5.10 Å². The molecule has 4 N–H and O–H groups in total. The largest absolute Gasteiger partial charge is 0.453 e. The van der Waals surface area contributed by atoms with Crippen LogP contribution in [0.3, 0.4) is 0 Å². The Morgan fingerprint density at radius 2 is 2.10 bits per heavy atom. The van der Waals surface area contributed by atoms with E-state index in [4.69, 9.17) is 11.6 Å². The van der Waals surface area contributed by atoms with E-state index in [1.54, 1.807) is 48.8 Å². The highest BCUT2D eigenvalue weighted by Gasteiger charge is 2.58. The van der Waals surface area contributed by atoms with Crippen LogP contribution in [0.25, 0.3) is 16.9 Å². The number of hydrogen-bond donors (Lipinski definition) is 4. The minimum atomic E-state index is -0.725. The number of benzene rings is 2. The number of nitrogens with one attached hydrogen (secondary N) is 4. The quantitative estimate of drug-likeness (QED) is 0.290. The van der Waals surface area contributed by atoms with Crippen molar-refractivity contribution >= 4 is 40.9 Å². The molecular weight excluding hydrogens is 536 g/mol. The number of anilines is 2. The molecule has 1 aliphatic carbocycles. The number of carbonyl (C=O) groups is 3. The molecule has 0 saturated heterocycles. The molecule has 3 amide bonds. The van der Waals surface area contributed by atoms with Gasteiger partial charge < -0.3 is 20.4 Å². The second-order valence-electron chi connectivity index (χ2n) is 9.82. The van der Waals surface area contributed by atoms with Crippen molar-refractivity contribution in [2.75, 3.05) is 17.7 Å². The van der Waals surface area contributed by atoms with E-state index in [-0.39, 0.29) is 23.4 Å². The molecule has 3 heterocycles. The third-order valence-corrected chi connectivity index (χ3v) is 7.45. The van der Waals surface area contributed by atoms with Crippen LogP contribution >= 0.6 is 11.6 Å². The van der Waals surface area contributed by atoms with Gasteiger partial charge in [-0.1, -0.05) is 22.9 Å². The van der Waals surface area contributed by atoms with Crippen molar-refractivity contribution in [3.05, 3.63) is 71.4 Å². The number of hydrogen-bond acceptors (Lipinski definition) is 7. The van der Waals surface area contributed by atoms with E-state index in [1.165, 1.54) is 11.8 Å². The minimum absolute atomic E-state index is 0.0942. The molecule has 2 aliphatic rings. The first-order valence-corrected chi connectivity index (χ1v) is 13.1. The number of H-pyrrole nitrogens is 1. The Labute approximate surface area is 233 Å². The molecule has 2 bridgehead atoms. The topological polar surface area (TPSA) is 156 Å². The SMILES string of the molecule is COC(=O)Nc1ccc2c(c1)NC(=O)CCC[C@@H]1CC1(NC(=O)c1cn(-c3cccc(Cl)c3)nn1)c1ncc-2[nH]1. The van der Waals surface area contributed by atoms with Crippen molar-refractivity contribution in [3.8, 4) is 16.9 Å². The number of aromatic amines is 1. The van der Waals surface area contributed by atoms with Crippen LogP contribution in [0.4, 0.5) is 16.2 Å². The van der Waals surface area contributed by atoms with Crippen LogP contribution in [0.5, 0.6) is 0 Å². The Bertz CT molecular complexity index is 1630. The van der Waals surface area contributed by atoms with Gasteiger partial charge in [-0.2, -0.15) is 0 Å². The zero-order valence-corrected chi connectivity index (χ0v) is 22.2. The van der Waals surface area contributed by atoms with Crippen LogP contribution in [0.15, 0.2) is 54.9 Å². The van der Waals surface area contributed by atoms with Gasteiger partial charge in [-0.3, -0.25) is 14.9 Å². The fourth-order valence-corrected chi connectivity index (χ4v) is 5.28. The molecule has 40 heavy (non-hydrogen) atoms. The van der Waals surface area contributed by atoms with Gasteiger partial charge in [0.2, 0.25) is 5.91 Å². The van der Waals surface area contributed by atoms with Gasteiger partial charge >= 0.3 is 6.09 Å². The number of imidazole rings is 1. The fraction of sp³-hybridized carbons (Fsp3) is 0.259. The summed E-state index contributed by atoms with van der Waals surface area (Å²) in [5.41, 5.74) is 2.44. The molecule has 204 valence electrons. The fourth-order valence-electron chi connectivity index (χ4n) is 5.10. The highest BCUT2D eigenvalue weighted by molar-refractivity contribution is 6.30. The Kier molecular flexibility index (Phi) is 6.46. The predicted molar refractivity (Wildman–Crippen MR) is 146 cm³/mol. The third kappa shape index (κ3) is 4.89. The molecule has 4 aromatic rings. The normalized spacial score (nSPS) is 19.6. The Morgan fingerprint density at radius 1 is 1.23 bits per heavy atom. The lowest BCUT2D eigenvalue weighted by Crippen LogP contribution is -2.37. The number of methoxy groups -OCH3 is 1. The van der Waals surface area contributed by atoms with Crippen LogP contribution in [-0.4, -0.2) is 50.0 Å². The summed E-state index contributed by atoms with van der Waals surface area (Å²) in [6.45, 7) is 0. The number of aromatic nitrogens is 5. The van der Waals surface area contributed by atoms with E-state index >= 15 is 0 Å². The van der Waals surface area contributed by atoms with E-state index in [9.17, 15) is 14.4 Å². The predicted octanol–water partition coefficient (Wildman–Crippen LogP) is 4.26. The van der Waals surface area contributed by atoms with Crippen molar-refractivity contribution in [1.82, 2.24) is 30.3 Å². The average molecular weight is 561 g/mol. The van der Waals surface area contributed by atoms with Crippen LogP contribution < -0.4 is 16.0 Å². The van der Waals surface area contributed by atoms with E-state index in [0.29, 0.717) is 58.4 Å². The molecule has 6 rings (SSSR count). The van der Waals surface area contributed by atoms with E-state index < -0.39 is 11.6 Å². The first-order valence-electron chi connectivity index (χ1n) is 12.7. The number of halogens is 1. The number of ether oxygens (including phenoxy) is 1. The van der Waals surface area contributed by atoms with Crippen LogP contribution in [0.2, 0.25) is 5.02 Å². The lowest BCUT2D eigenvalue weighted by atomic mass is 10.1. The molecule has 1 aliphatic heterocycles. The molecule has 12 nitrogen and oxygen atoms in total. The van der Waals surface area contributed by atoms with E-state index in [0.717, 1.165) is 6.42 Å². The molecule has 2 atom stereocenters. The summed E-state index contributed by atoms with van der Waals surface area (Å²) in [7, 11) is 1.28. The van der Waals surface area contributed by atoms with Gasteiger partial charge in [0.1, 0.15) is 11.4 Å². The van der Waals surface area contributed by atoms with Crippen molar-refractivity contribution < 1.29 is 19.1 Å². The maximum Gasteiger partial charge on any atom is 0.411 e. The zero-order valence-electron chi connectivity index (χ0n) is 21.4. The second kappa shape index (κ2) is 10.1. The Balaban J connectivity index is 1.30. The van der Waals surface area contributed by atoms with Gasteiger partial charge in [-0.25, -0.2) is 14.5 Å². The average Bonchev–Trinajstić information content (AvgIpc) is 3.30. The minimum Gasteiger partial charge on any atom is -0.453 e. The number of amides is 3. The summed E-state index contributed by atoms with van der Waals surface area (Å²) in [4.78, 5) is 45.8. The molecule has 0 radical (unpaired) electrons. The number of carbonyl (C=O) groups excluding carboxylic acids is 3. The van der Waals surface area contributed by atoms with Gasteiger partial charge in [-0.05, 0) is 61.6 Å². The maximum absolute atomic E-state index is 13.3. The molecule has 1 fully saturated rings. The summed E-state index contributed by atoms with van der Waals surface area (Å²) in [5, 5.41) is 17.4. The van der Waals surface area contributed by atoms with Crippen molar-refractivity contribution in [2.24, 2.45) is 5.92 Å². The monoisotopic (exact) mass is 560 g/mol. The summed E-state index contributed by atoms with van der Waals surface area (Å²) in [5.74, 6) is 0.191. The molecule has 2 aromatic carbocycles. The molecular formula is C27H25ClN8O4. The molecule has 1 saturated carbocycles. The molecule has 0 spiro atoms. The second-order valence-corrected chi connectivity index (χ2v) is 10.3. The third-order valence-electron chi connectivity index (χ3n) is 7.21. The van der Waals surface area contributed by atoms with Crippen molar-refractivity contribution in [1.29, 1.82) is 0 Å². The highest BCUT2D eigenvalue weighted by atomic mass is 35.5. The van der Waals surface area contributed by atoms with Crippen LogP contribution in [0, 0.1) is 5.92 Å². The number of fused-ring (bicyclic) bond motifs is 6. The smallest absolute Gasteiger partial charge is 0.411 e. The highest BCUT2D eigenvalue weighted by Crippen LogP contribution is 2.54. The molecule has 13 heteroatoms. The summed E-state index contributed by atoms with van der Waals surface area (Å²) < 4.78 is 6.16. The van der Waals surface area contributed by atoms with E-state index in [1.807, 2.05) is 6.07 Å². The lowest BCUT2D eigenvalue weighted by molar-refractivity contribution is -0.116. The van der Waals surface area contributed by atoms with E-state index in [2.05, 4.69) is 41.0 Å². The first-order chi connectivity index (χ1) is 19.3. The zero-order chi connectivity index (χ0) is 27.9. The Morgan fingerprint density at radius 3 is 2.92 bits per heavy atom. The van der Waals surface area contributed by atoms with Crippen molar-refractivity contribution in [2.45, 2.75) is 31.2 Å². The summed E-state index contributed by atoms with van der Waals surface area (Å²) in [6.07, 6.45) is 4.93. The summed E-state index contributed by atoms with van der Waals surface area (Å²) >= 11 is 6.09. The molecule has 1 unspecified atom stereocenters. The number of nitrogens with zero attached hydrogens (tertiary/aromatic N) is 4. The van der Waals surface area contributed by atoms with Gasteiger partial charge in [0.25, 0.3) is 5.91 Å². The van der Waals surface area contributed by atoms with Gasteiger partial charge in [0, 0.05) is 22.7 Å². The standard InChI is InChI=1S/C27H25ClN8O4/c1-40-26(39)30-17-8-9-19-20(11-17)31-23(37)7-2-4-15-12-27(15,25-29-13-21(19)32-25)33-24(38)22-14-36(35-34-22)18-6-3-5-16(28)10-18/h3,5-6,8-11,13-15H,2,4,7,12H2,1H3,(H,29,32)(H,30,39)(H,31,37)(H,33,38)/t15-,27?/m1/s1. The van der Waals surface area contributed by atoms with Crippen LogP contribution in [-0.2, 0) is 15.1 Å². The first kappa shape index (κ1) is 25.6. The molecule has 2 aromatic heterocycles. The Hall–Kier alpha value is -4.71. The summed E-state index contributed by atoms with van der Waals surface area (Å²) in [6, 6.07) is 12.2. The number of rotatable bonds is 4.